The predicted octanol–water partition coefficient (Wildman–Crippen LogP) is 1.28. The van der Waals surface area contributed by atoms with Crippen molar-refractivity contribution < 1.29 is 19.4 Å². The lowest BCUT2D eigenvalue weighted by molar-refractivity contribution is -0.142. The maximum Gasteiger partial charge on any atom is 0.340 e. The fourth-order valence-corrected chi connectivity index (χ4v) is 2.21. The number of benzene rings is 1. The second kappa shape index (κ2) is 5.31. The summed E-state index contributed by atoms with van der Waals surface area (Å²) in [4.78, 5) is 22.2. The summed E-state index contributed by atoms with van der Waals surface area (Å²) in [6, 6.07) is 5.47. The largest absolute Gasteiger partial charge is 0.424 e. The van der Waals surface area contributed by atoms with Gasteiger partial charge in [0.25, 0.3) is 0 Å². The molecule has 4 heteroatoms. The first kappa shape index (κ1) is 12.8. The molecule has 96 valence electrons. The zero-order valence-corrected chi connectivity index (χ0v) is 10.3. The Labute approximate surface area is 106 Å². The van der Waals surface area contributed by atoms with E-state index in [2.05, 4.69) is 0 Å². The molecule has 0 saturated carbocycles. The molecular formula is C14H16O4. The molecular weight excluding hydrogens is 232 g/mol. The molecule has 0 saturated heterocycles. The third kappa shape index (κ3) is 2.59. The van der Waals surface area contributed by atoms with Gasteiger partial charge in [0.1, 0.15) is 18.1 Å². The van der Waals surface area contributed by atoms with Crippen molar-refractivity contribution in [3.8, 4) is 5.75 Å². The third-order valence-electron chi connectivity index (χ3n) is 3.22. The molecule has 0 aliphatic heterocycles. The summed E-state index contributed by atoms with van der Waals surface area (Å²) >= 11 is 0. The Bertz CT molecular complexity index is 465. The van der Waals surface area contributed by atoms with E-state index >= 15 is 0 Å². The molecule has 18 heavy (non-hydrogen) atoms. The van der Waals surface area contributed by atoms with Crippen LogP contribution in [-0.2, 0) is 22.4 Å². The van der Waals surface area contributed by atoms with E-state index in [9.17, 15) is 9.59 Å². The van der Waals surface area contributed by atoms with Crippen LogP contribution in [-0.4, -0.2) is 23.5 Å². The van der Waals surface area contributed by atoms with Crippen LogP contribution in [0.3, 0.4) is 0 Å². The molecule has 1 aromatic rings. The van der Waals surface area contributed by atoms with Gasteiger partial charge in [-0.1, -0.05) is 12.1 Å². The Morgan fingerprint density at radius 1 is 1.56 bits per heavy atom. The topological polar surface area (TPSA) is 63.6 Å². The summed E-state index contributed by atoms with van der Waals surface area (Å²) in [6.07, 6.45) is 2.05. The van der Waals surface area contributed by atoms with Crippen molar-refractivity contribution in [2.24, 2.45) is 5.92 Å². The molecule has 0 fully saturated rings. The summed E-state index contributed by atoms with van der Waals surface area (Å²) in [5.74, 6) is -0.0936. The van der Waals surface area contributed by atoms with E-state index in [1.807, 2.05) is 6.07 Å². The maximum atomic E-state index is 11.4. The predicted molar refractivity (Wildman–Crippen MR) is 65.3 cm³/mol. The van der Waals surface area contributed by atoms with Crippen LogP contribution in [0.2, 0.25) is 0 Å². The molecule has 1 N–H and O–H groups in total. The van der Waals surface area contributed by atoms with Crippen molar-refractivity contribution >= 4 is 12.3 Å². The number of carbonyl (C=O) groups is 2. The molecule has 0 aromatic heterocycles. The van der Waals surface area contributed by atoms with Crippen molar-refractivity contribution in [2.45, 2.75) is 32.3 Å². The number of carbonyl (C=O) groups excluding carboxylic acids is 2. The average Bonchev–Trinajstić information content (AvgIpc) is 2.38. The fraction of sp³-hybridized carbons (Fsp3) is 0.429. The Morgan fingerprint density at radius 2 is 2.33 bits per heavy atom. The van der Waals surface area contributed by atoms with Crippen molar-refractivity contribution in [3.05, 3.63) is 29.3 Å². The fourth-order valence-electron chi connectivity index (χ4n) is 2.21. The lowest BCUT2D eigenvalue weighted by atomic mass is 9.84. The number of hydrogen-bond acceptors (Lipinski definition) is 4. The van der Waals surface area contributed by atoms with Gasteiger partial charge in [-0.3, -0.25) is 0 Å². The first-order chi connectivity index (χ1) is 8.61. The van der Waals surface area contributed by atoms with Crippen molar-refractivity contribution in [2.75, 3.05) is 0 Å². The molecule has 2 unspecified atom stereocenters. The lowest BCUT2D eigenvalue weighted by Crippen LogP contribution is -2.24. The van der Waals surface area contributed by atoms with Gasteiger partial charge in [0.05, 0.1) is 0 Å². The number of aldehydes is 1. The molecule has 4 nitrogen and oxygen atoms in total. The van der Waals surface area contributed by atoms with Crippen molar-refractivity contribution in [1.29, 1.82) is 0 Å². The van der Waals surface area contributed by atoms with E-state index < -0.39 is 12.1 Å². The molecule has 0 bridgehead atoms. The van der Waals surface area contributed by atoms with Gasteiger partial charge in [0.15, 0.2) is 0 Å². The number of fused-ring (bicyclic) bond motifs is 1. The molecule has 1 aliphatic rings. The van der Waals surface area contributed by atoms with Crippen LogP contribution in [0.25, 0.3) is 0 Å². The molecule has 0 spiro atoms. The second-order valence-electron chi connectivity index (χ2n) is 4.63. The van der Waals surface area contributed by atoms with Crippen LogP contribution in [0.15, 0.2) is 18.2 Å². The van der Waals surface area contributed by atoms with Gasteiger partial charge in [-0.05, 0) is 43.4 Å². The Morgan fingerprint density at radius 3 is 3.00 bits per heavy atom. The maximum absolute atomic E-state index is 11.4. The van der Waals surface area contributed by atoms with E-state index in [0.29, 0.717) is 12.2 Å². The van der Waals surface area contributed by atoms with E-state index in [4.69, 9.17) is 9.84 Å². The lowest BCUT2D eigenvalue weighted by Gasteiger charge is -2.22. The van der Waals surface area contributed by atoms with Gasteiger partial charge >= 0.3 is 5.97 Å². The van der Waals surface area contributed by atoms with Crippen molar-refractivity contribution in [3.63, 3.8) is 0 Å². The molecule has 1 aliphatic carbocycles. The Balaban J connectivity index is 2.23. The van der Waals surface area contributed by atoms with E-state index in [1.54, 1.807) is 12.1 Å². The zero-order chi connectivity index (χ0) is 13.1. The highest BCUT2D eigenvalue weighted by Gasteiger charge is 2.22. The van der Waals surface area contributed by atoms with Crippen LogP contribution < -0.4 is 4.74 Å². The molecule has 2 rings (SSSR count). The van der Waals surface area contributed by atoms with Gasteiger partial charge in [0, 0.05) is 5.92 Å². The van der Waals surface area contributed by atoms with Gasteiger partial charge in [0.2, 0.25) is 0 Å². The summed E-state index contributed by atoms with van der Waals surface area (Å²) in [5.41, 5.74) is 2.03. The smallest absolute Gasteiger partial charge is 0.340 e. The molecule has 1 aromatic carbocycles. The number of esters is 1. The van der Waals surface area contributed by atoms with Crippen molar-refractivity contribution in [1.82, 2.24) is 0 Å². The minimum absolute atomic E-state index is 0.0558. The van der Waals surface area contributed by atoms with E-state index in [-0.39, 0.29) is 5.92 Å². The van der Waals surface area contributed by atoms with Crippen LogP contribution in [0, 0.1) is 5.92 Å². The van der Waals surface area contributed by atoms with Gasteiger partial charge in [-0.25, -0.2) is 4.79 Å². The standard InChI is InChI=1S/C14H16O4/c1-9(16)14(17)18-13-4-2-3-11-7-10(8-15)5-6-12(11)13/h2-4,8-10,16H,5-7H2,1H3. The molecule has 2 atom stereocenters. The average molecular weight is 248 g/mol. The molecule has 0 heterocycles. The third-order valence-corrected chi connectivity index (χ3v) is 3.22. The second-order valence-corrected chi connectivity index (χ2v) is 4.63. The summed E-state index contributed by atoms with van der Waals surface area (Å²) in [5, 5.41) is 9.15. The first-order valence-corrected chi connectivity index (χ1v) is 6.07. The molecule has 0 amide bonds. The van der Waals surface area contributed by atoms with Crippen LogP contribution in [0.5, 0.6) is 5.75 Å². The van der Waals surface area contributed by atoms with Gasteiger partial charge in [-0.15, -0.1) is 0 Å². The van der Waals surface area contributed by atoms with Crippen LogP contribution in [0.1, 0.15) is 24.5 Å². The van der Waals surface area contributed by atoms with E-state index in [0.717, 1.165) is 30.3 Å². The Kier molecular flexibility index (Phi) is 3.77. The monoisotopic (exact) mass is 248 g/mol. The minimum atomic E-state index is -1.13. The Hall–Kier alpha value is -1.68. The number of hydrogen-bond donors (Lipinski definition) is 1. The quantitative estimate of drug-likeness (QED) is 0.497. The van der Waals surface area contributed by atoms with Gasteiger partial charge < -0.3 is 14.6 Å². The number of aliphatic hydroxyl groups is 1. The van der Waals surface area contributed by atoms with Crippen LogP contribution >= 0.6 is 0 Å². The van der Waals surface area contributed by atoms with Gasteiger partial charge in [-0.2, -0.15) is 0 Å². The zero-order valence-electron chi connectivity index (χ0n) is 10.3. The molecule has 0 radical (unpaired) electrons. The highest BCUT2D eigenvalue weighted by molar-refractivity contribution is 5.77. The highest BCUT2D eigenvalue weighted by Crippen LogP contribution is 2.31. The normalized spacial score (nSPS) is 19.8. The summed E-state index contributed by atoms with van der Waals surface area (Å²) < 4.78 is 5.17. The summed E-state index contributed by atoms with van der Waals surface area (Å²) in [7, 11) is 0. The first-order valence-electron chi connectivity index (χ1n) is 6.07. The van der Waals surface area contributed by atoms with Crippen LogP contribution in [0.4, 0.5) is 0 Å². The number of ether oxygens (including phenoxy) is 1. The minimum Gasteiger partial charge on any atom is -0.424 e. The summed E-state index contributed by atoms with van der Waals surface area (Å²) in [6.45, 7) is 1.38. The SMILES string of the molecule is CC(O)C(=O)Oc1cccc2c1CCC(C=O)C2. The van der Waals surface area contributed by atoms with E-state index in [1.165, 1.54) is 6.92 Å². The number of aliphatic hydroxyl groups excluding tert-OH is 1. The highest BCUT2D eigenvalue weighted by atomic mass is 16.5. The number of rotatable bonds is 3.